The van der Waals surface area contributed by atoms with Gasteiger partial charge in [-0.05, 0) is 41.4 Å². The van der Waals surface area contributed by atoms with Gasteiger partial charge in [0.25, 0.3) is 0 Å². The zero-order chi connectivity index (χ0) is 23.5. The fourth-order valence-electron chi connectivity index (χ4n) is 3.30. The molecule has 0 aliphatic carbocycles. The van der Waals surface area contributed by atoms with E-state index in [0.717, 1.165) is 38.6 Å². The predicted molar refractivity (Wildman–Crippen MR) is 137 cm³/mol. The van der Waals surface area contributed by atoms with Crippen LogP contribution < -0.4 is 4.72 Å². The molecule has 10 heteroatoms. The monoisotopic (exact) mass is 524 g/mol. The summed E-state index contributed by atoms with van der Waals surface area (Å²) in [6.45, 7) is 0.178. The van der Waals surface area contributed by atoms with Gasteiger partial charge in [-0.2, -0.15) is 0 Å². The molecule has 5 rings (SSSR count). The number of sulfonamides is 1. The largest absolute Gasteiger partial charge is 0.240 e. The van der Waals surface area contributed by atoms with Crippen LogP contribution in [0, 0.1) is 0 Å². The number of hydrogen-bond donors (Lipinski definition) is 1. The van der Waals surface area contributed by atoms with Crippen LogP contribution in [-0.4, -0.2) is 23.0 Å². The number of thiazole rings is 1. The van der Waals surface area contributed by atoms with Crippen LogP contribution in [0.5, 0.6) is 0 Å². The first-order valence-electron chi connectivity index (χ1n) is 10.2. The molecular formula is C24H17ClN4O2S3. The molecule has 170 valence electrons. The predicted octanol–water partition coefficient (Wildman–Crippen LogP) is 6.13. The van der Waals surface area contributed by atoms with Crippen molar-refractivity contribution in [3.05, 3.63) is 94.1 Å². The number of halogens is 1. The van der Waals surface area contributed by atoms with Crippen LogP contribution in [-0.2, 0) is 16.6 Å². The first kappa shape index (κ1) is 22.8. The Morgan fingerprint density at radius 1 is 0.853 bits per heavy atom. The maximum absolute atomic E-state index is 12.8. The lowest BCUT2D eigenvalue weighted by Gasteiger charge is -2.08. The van der Waals surface area contributed by atoms with E-state index in [1.165, 1.54) is 22.9 Å². The summed E-state index contributed by atoms with van der Waals surface area (Å²) in [5.74, 6) is 0. The minimum atomic E-state index is -3.69. The Bertz CT molecular complexity index is 1520. The van der Waals surface area contributed by atoms with Crippen molar-refractivity contribution in [2.75, 3.05) is 0 Å². The van der Waals surface area contributed by atoms with E-state index in [4.69, 9.17) is 16.6 Å². The van der Waals surface area contributed by atoms with Crippen molar-refractivity contribution in [1.29, 1.82) is 0 Å². The van der Waals surface area contributed by atoms with Gasteiger partial charge in [0.2, 0.25) is 10.0 Å². The van der Waals surface area contributed by atoms with E-state index >= 15 is 0 Å². The van der Waals surface area contributed by atoms with E-state index in [-0.39, 0.29) is 11.4 Å². The molecule has 0 amide bonds. The van der Waals surface area contributed by atoms with Gasteiger partial charge in [-0.3, -0.25) is 0 Å². The molecule has 3 aromatic carbocycles. The quantitative estimate of drug-likeness (QED) is 0.277. The third kappa shape index (κ3) is 5.08. The van der Waals surface area contributed by atoms with Gasteiger partial charge in [-0.15, -0.1) is 16.4 Å². The van der Waals surface area contributed by atoms with Crippen LogP contribution >= 0.6 is 34.5 Å². The van der Waals surface area contributed by atoms with E-state index in [1.54, 1.807) is 42.5 Å². The number of rotatable bonds is 7. The Labute approximate surface area is 210 Å². The van der Waals surface area contributed by atoms with Crippen LogP contribution in [0.15, 0.2) is 88.5 Å². The Morgan fingerprint density at radius 2 is 1.62 bits per heavy atom. The summed E-state index contributed by atoms with van der Waals surface area (Å²) in [7, 11) is -3.69. The molecule has 0 bridgehead atoms. The lowest BCUT2D eigenvalue weighted by atomic mass is 10.1. The van der Waals surface area contributed by atoms with Crippen LogP contribution in [0.2, 0.25) is 5.02 Å². The van der Waals surface area contributed by atoms with Gasteiger partial charge in [0.15, 0.2) is 0 Å². The van der Waals surface area contributed by atoms with Crippen molar-refractivity contribution in [1.82, 2.24) is 19.3 Å². The highest BCUT2D eigenvalue weighted by Gasteiger charge is 2.16. The van der Waals surface area contributed by atoms with E-state index in [1.807, 2.05) is 41.1 Å². The number of hydrogen-bond acceptors (Lipinski definition) is 7. The maximum atomic E-state index is 12.8. The third-order valence-electron chi connectivity index (χ3n) is 5.11. The molecule has 0 saturated heterocycles. The molecular weight excluding hydrogens is 508 g/mol. The summed E-state index contributed by atoms with van der Waals surface area (Å²) in [5.41, 5.74) is 5.11. The second kappa shape index (κ2) is 9.73. The van der Waals surface area contributed by atoms with Crippen LogP contribution in [0.25, 0.3) is 33.1 Å². The Kier molecular flexibility index (Phi) is 6.53. The smallest absolute Gasteiger partial charge is 0.236 e. The standard InChI is InChI=1S/C24H17ClN4O2S3/c25-20-10-4-16(5-11-20)13-26-34(30,31)21-3-1-2-19(12-21)22-14-32-24(27-22)18-8-6-17(7-9-18)23-15-33-29-28-23/h1-12,14-15,26H,13H2. The molecule has 0 saturated carbocycles. The van der Waals surface area contributed by atoms with Crippen LogP contribution in [0.4, 0.5) is 0 Å². The molecule has 0 spiro atoms. The maximum Gasteiger partial charge on any atom is 0.240 e. The molecule has 0 fully saturated rings. The SMILES string of the molecule is O=S(=O)(NCc1ccc(Cl)cc1)c1cccc(-c2csc(-c3ccc(-c4csnn4)cc3)n2)c1. The van der Waals surface area contributed by atoms with Gasteiger partial charge in [-0.1, -0.05) is 64.6 Å². The number of nitrogens with zero attached hydrogens (tertiary/aromatic N) is 3. The zero-order valence-electron chi connectivity index (χ0n) is 17.6. The molecule has 5 aromatic rings. The molecule has 1 N–H and O–H groups in total. The third-order valence-corrected chi connectivity index (χ3v) is 8.16. The highest BCUT2D eigenvalue weighted by Crippen LogP contribution is 2.31. The van der Waals surface area contributed by atoms with E-state index in [9.17, 15) is 8.42 Å². The zero-order valence-corrected chi connectivity index (χ0v) is 20.8. The number of benzene rings is 3. The Hall–Kier alpha value is -2.95. The Balaban J connectivity index is 1.34. The molecule has 2 aromatic heterocycles. The van der Waals surface area contributed by atoms with Crippen molar-refractivity contribution in [3.63, 3.8) is 0 Å². The summed E-state index contributed by atoms with van der Waals surface area (Å²) in [6.07, 6.45) is 0. The van der Waals surface area contributed by atoms with Crippen molar-refractivity contribution >= 4 is 44.5 Å². The van der Waals surface area contributed by atoms with Crippen molar-refractivity contribution in [2.45, 2.75) is 11.4 Å². The lowest BCUT2D eigenvalue weighted by Crippen LogP contribution is -2.23. The van der Waals surface area contributed by atoms with Crippen molar-refractivity contribution in [2.24, 2.45) is 0 Å². The molecule has 0 aliphatic heterocycles. The molecule has 0 unspecified atom stereocenters. The van der Waals surface area contributed by atoms with Crippen LogP contribution in [0.1, 0.15) is 5.56 Å². The van der Waals surface area contributed by atoms with Gasteiger partial charge in [0, 0.05) is 39.0 Å². The minimum absolute atomic E-state index is 0.178. The molecule has 0 atom stereocenters. The number of nitrogens with one attached hydrogen (secondary N) is 1. The van der Waals surface area contributed by atoms with E-state index in [2.05, 4.69) is 14.3 Å². The fourth-order valence-corrected chi connectivity index (χ4v) is 5.79. The van der Waals surface area contributed by atoms with Crippen molar-refractivity contribution < 1.29 is 8.42 Å². The molecule has 2 heterocycles. The summed E-state index contributed by atoms with van der Waals surface area (Å²) in [4.78, 5) is 4.92. The minimum Gasteiger partial charge on any atom is -0.236 e. The summed E-state index contributed by atoms with van der Waals surface area (Å²) in [6, 6.07) is 21.8. The van der Waals surface area contributed by atoms with E-state index in [0.29, 0.717) is 5.02 Å². The van der Waals surface area contributed by atoms with E-state index < -0.39 is 10.0 Å². The first-order valence-corrected chi connectivity index (χ1v) is 13.7. The summed E-state index contributed by atoms with van der Waals surface area (Å²) >= 11 is 8.72. The van der Waals surface area contributed by atoms with Gasteiger partial charge in [0.05, 0.1) is 10.6 Å². The van der Waals surface area contributed by atoms with Gasteiger partial charge >= 0.3 is 0 Å². The first-order chi connectivity index (χ1) is 16.5. The summed E-state index contributed by atoms with van der Waals surface area (Å²) < 4.78 is 32.2. The second-order valence-electron chi connectivity index (χ2n) is 7.38. The molecule has 34 heavy (non-hydrogen) atoms. The Morgan fingerprint density at radius 3 is 2.35 bits per heavy atom. The topological polar surface area (TPSA) is 84.8 Å². The second-order valence-corrected chi connectivity index (χ2v) is 11.1. The normalized spacial score (nSPS) is 11.6. The molecule has 6 nitrogen and oxygen atoms in total. The van der Waals surface area contributed by atoms with Crippen LogP contribution in [0.3, 0.4) is 0 Å². The number of aromatic nitrogens is 3. The highest BCUT2D eigenvalue weighted by atomic mass is 35.5. The lowest BCUT2D eigenvalue weighted by molar-refractivity contribution is 0.581. The molecule has 0 radical (unpaired) electrons. The van der Waals surface area contributed by atoms with Gasteiger partial charge in [0.1, 0.15) is 10.7 Å². The summed E-state index contributed by atoms with van der Waals surface area (Å²) in [5, 5.41) is 9.39. The fraction of sp³-hybridized carbons (Fsp3) is 0.0417. The van der Waals surface area contributed by atoms with Crippen molar-refractivity contribution in [3.8, 4) is 33.1 Å². The van der Waals surface area contributed by atoms with Gasteiger partial charge < -0.3 is 0 Å². The average molecular weight is 525 g/mol. The van der Waals surface area contributed by atoms with Gasteiger partial charge in [-0.25, -0.2) is 18.1 Å². The highest BCUT2D eigenvalue weighted by molar-refractivity contribution is 7.89. The average Bonchev–Trinajstić information content (AvgIpc) is 3.57. The molecule has 0 aliphatic rings.